The maximum Gasteiger partial charge on any atom is 0.0352 e. The van der Waals surface area contributed by atoms with Crippen LogP contribution >= 0.6 is 11.3 Å². The minimum absolute atomic E-state index is 0.442. The molecule has 2 aromatic carbocycles. The standard InChI is InChI=1S/C27H22S/c1-2-9-20-21-11-5-6-12-23(21)25-16-19(14-15-24(25)22(20)10-3-1)27-17-18-8-4-7-13-26(18)28-27/h2-6,8-12,14-17,20,22H,1,7,13H2. The first-order valence-electron chi connectivity index (χ1n) is 10.2. The van der Waals surface area contributed by atoms with Gasteiger partial charge in [-0.25, -0.2) is 0 Å². The lowest BCUT2D eigenvalue weighted by atomic mass is 9.71. The zero-order valence-corrected chi connectivity index (χ0v) is 16.6. The monoisotopic (exact) mass is 378 g/mol. The van der Waals surface area contributed by atoms with Crippen LogP contribution in [0.25, 0.3) is 27.6 Å². The van der Waals surface area contributed by atoms with Gasteiger partial charge in [0.25, 0.3) is 0 Å². The number of thiophene rings is 1. The average molecular weight is 379 g/mol. The molecular weight excluding hydrogens is 356 g/mol. The lowest BCUT2D eigenvalue weighted by molar-refractivity contribution is 0.730. The summed E-state index contributed by atoms with van der Waals surface area (Å²) in [5.41, 5.74) is 8.53. The fraction of sp³-hybridized carbons (Fsp3) is 0.185. The Morgan fingerprint density at radius 3 is 2.46 bits per heavy atom. The van der Waals surface area contributed by atoms with Crippen LogP contribution in [-0.2, 0) is 6.42 Å². The second kappa shape index (κ2) is 6.46. The summed E-state index contributed by atoms with van der Waals surface area (Å²) in [4.78, 5) is 2.93. The molecular formula is C27H22S. The molecule has 0 fully saturated rings. The second-order valence-corrected chi connectivity index (χ2v) is 9.10. The lowest BCUT2D eigenvalue weighted by Gasteiger charge is -2.32. The van der Waals surface area contributed by atoms with E-state index in [4.69, 9.17) is 0 Å². The van der Waals surface area contributed by atoms with Crippen LogP contribution in [0.3, 0.4) is 0 Å². The Bertz CT molecular complexity index is 1150. The molecule has 2 unspecified atom stereocenters. The third kappa shape index (κ3) is 2.50. The van der Waals surface area contributed by atoms with E-state index in [0.29, 0.717) is 11.8 Å². The molecule has 3 aromatic rings. The first-order chi connectivity index (χ1) is 13.9. The highest BCUT2D eigenvalue weighted by molar-refractivity contribution is 7.15. The van der Waals surface area contributed by atoms with Gasteiger partial charge in [0.15, 0.2) is 0 Å². The molecule has 0 aliphatic heterocycles. The van der Waals surface area contributed by atoms with Crippen LogP contribution in [0.1, 0.15) is 46.2 Å². The van der Waals surface area contributed by atoms with E-state index in [-0.39, 0.29) is 0 Å². The fourth-order valence-electron chi connectivity index (χ4n) is 4.98. The van der Waals surface area contributed by atoms with Crippen LogP contribution in [0.5, 0.6) is 0 Å². The minimum Gasteiger partial charge on any atom is -0.140 e. The molecule has 0 nitrogen and oxygen atoms in total. The third-order valence-corrected chi connectivity index (χ3v) is 7.59. The number of fused-ring (bicyclic) bond motifs is 7. The van der Waals surface area contributed by atoms with E-state index in [1.165, 1.54) is 56.0 Å². The molecule has 0 bridgehead atoms. The van der Waals surface area contributed by atoms with Crippen LogP contribution in [0.2, 0.25) is 0 Å². The molecule has 1 heteroatoms. The summed E-state index contributed by atoms with van der Waals surface area (Å²) in [7, 11) is 0. The van der Waals surface area contributed by atoms with Crippen molar-refractivity contribution in [2.75, 3.05) is 0 Å². The van der Waals surface area contributed by atoms with Crippen molar-refractivity contribution in [2.45, 2.75) is 31.1 Å². The third-order valence-electron chi connectivity index (χ3n) is 6.33. The summed E-state index contributed by atoms with van der Waals surface area (Å²) in [6.45, 7) is 0. The number of rotatable bonds is 1. The van der Waals surface area contributed by atoms with Crippen LogP contribution < -0.4 is 0 Å². The number of hydrogen-bond acceptors (Lipinski definition) is 1. The summed E-state index contributed by atoms with van der Waals surface area (Å²) in [6, 6.07) is 18.5. The Morgan fingerprint density at radius 1 is 0.786 bits per heavy atom. The molecule has 28 heavy (non-hydrogen) atoms. The van der Waals surface area contributed by atoms with Crippen molar-refractivity contribution >= 4 is 17.4 Å². The normalized spacial score (nSPS) is 21.4. The van der Waals surface area contributed by atoms with Crippen molar-refractivity contribution < 1.29 is 0 Å². The van der Waals surface area contributed by atoms with Gasteiger partial charge in [-0.3, -0.25) is 0 Å². The topological polar surface area (TPSA) is 0 Å². The summed E-state index contributed by atoms with van der Waals surface area (Å²) in [5.74, 6) is 0.893. The van der Waals surface area contributed by atoms with Gasteiger partial charge in [-0.2, -0.15) is 0 Å². The van der Waals surface area contributed by atoms with E-state index in [1.807, 2.05) is 11.3 Å². The molecule has 3 aliphatic carbocycles. The van der Waals surface area contributed by atoms with Crippen molar-refractivity contribution in [3.05, 3.63) is 100 Å². The molecule has 136 valence electrons. The number of aryl methyl sites for hydroxylation is 1. The van der Waals surface area contributed by atoms with Crippen LogP contribution in [0.15, 0.2) is 78.9 Å². The van der Waals surface area contributed by atoms with Gasteiger partial charge in [0.2, 0.25) is 0 Å². The largest absolute Gasteiger partial charge is 0.140 e. The zero-order chi connectivity index (χ0) is 18.5. The smallest absolute Gasteiger partial charge is 0.0352 e. The maximum atomic E-state index is 2.44. The highest BCUT2D eigenvalue weighted by Gasteiger charge is 2.31. The quantitative estimate of drug-likeness (QED) is 0.380. The van der Waals surface area contributed by atoms with Crippen molar-refractivity contribution in [3.8, 4) is 21.6 Å². The van der Waals surface area contributed by atoms with Crippen molar-refractivity contribution in [3.63, 3.8) is 0 Å². The lowest BCUT2D eigenvalue weighted by Crippen LogP contribution is -2.14. The van der Waals surface area contributed by atoms with E-state index >= 15 is 0 Å². The van der Waals surface area contributed by atoms with E-state index in [1.54, 1.807) is 0 Å². The Labute approximate surface area is 170 Å². The van der Waals surface area contributed by atoms with Crippen molar-refractivity contribution in [2.24, 2.45) is 0 Å². The summed E-state index contributed by atoms with van der Waals surface area (Å²) >= 11 is 1.97. The van der Waals surface area contributed by atoms with Crippen molar-refractivity contribution in [1.82, 2.24) is 0 Å². The summed E-state index contributed by atoms with van der Waals surface area (Å²) in [5, 5.41) is 0. The molecule has 1 heterocycles. The zero-order valence-electron chi connectivity index (χ0n) is 15.8. The molecule has 3 aliphatic rings. The first kappa shape index (κ1) is 16.3. The van der Waals surface area contributed by atoms with Gasteiger partial charge < -0.3 is 0 Å². The fourth-order valence-corrected chi connectivity index (χ4v) is 6.14. The SMILES string of the molecule is C1=CC2c3ccccc3-c3cc(-c4cc5c(s4)CCC=C5)ccc3C2C=CC1. The predicted molar refractivity (Wildman–Crippen MR) is 121 cm³/mol. The number of benzene rings is 2. The minimum atomic E-state index is 0.442. The summed E-state index contributed by atoms with van der Waals surface area (Å²) in [6.07, 6.45) is 17.5. The molecule has 0 saturated carbocycles. The molecule has 0 saturated heterocycles. The molecule has 0 radical (unpaired) electrons. The van der Waals surface area contributed by atoms with Gasteiger partial charge in [0.05, 0.1) is 0 Å². The van der Waals surface area contributed by atoms with E-state index < -0.39 is 0 Å². The highest BCUT2D eigenvalue weighted by atomic mass is 32.1. The number of allylic oxidation sites excluding steroid dienone is 5. The van der Waals surface area contributed by atoms with Crippen LogP contribution in [0, 0.1) is 0 Å². The van der Waals surface area contributed by atoms with E-state index in [0.717, 1.165) is 6.42 Å². The van der Waals surface area contributed by atoms with Crippen LogP contribution in [-0.4, -0.2) is 0 Å². The predicted octanol–water partition coefficient (Wildman–Crippen LogP) is 7.74. The van der Waals surface area contributed by atoms with Gasteiger partial charge in [-0.1, -0.05) is 72.9 Å². The average Bonchev–Trinajstić information content (AvgIpc) is 3.03. The molecule has 0 N–H and O–H groups in total. The number of hydrogen-bond donors (Lipinski definition) is 0. The first-order valence-corrected chi connectivity index (χ1v) is 11.1. The Hall–Kier alpha value is -2.64. The van der Waals surface area contributed by atoms with Crippen LogP contribution in [0.4, 0.5) is 0 Å². The van der Waals surface area contributed by atoms with Gasteiger partial charge >= 0.3 is 0 Å². The van der Waals surface area contributed by atoms with Gasteiger partial charge in [0.1, 0.15) is 0 Å². The van der Waals surface area contributed by atoms with E-state index in [9.17, 15) is 0 Å². The second-order valence-electron chi connectivity index (χ2n) is 7.96. The molecule has 6 rings (SSSR count). The molecule has 0 spiro atoms. The Kier molecular flexibility index (Phi) is 3.77. The van der Waals surface area contributed by atoms with Gasteiger partial charge in [0, 0.05) is 21.6 Å². The van der Waals surface area contributed by atoms with Gasteiger partial charge in [-0.15, -0.1) is 11.3 Å². The van der Waals surface area contributed by atoms with Crippen molar-refractivity contribution in [1.29, 1.82) is 0 Å². The van der Waals surface area contributed by atoms with Gasteiger partial charge in [-0.05, 0) is 64.8 Å². The molecule has 1 aromatic heterocycles. The maximum absolute atomic E-state index is 2.44. The summed E-state index contributed by atoms with van der Waals surface area (Å²) < 4.78 is 0. The molecule has 0 amide bonds. The molecule has 2 atom stereocenters. The highest BCUT2D eigenvalue weighted by Crippen LogP contribution is 2.50. The van der Waals surface area contributed by atoms with E-state index in [2.05, 4.69) is 85.0 Å². The Balaban J connectivity index is 1.53. The Morgan fingerprint density at radius 2 is 1.61 bits per heavy atom.